The fourth-order valence-corrected chi connectivity index (χ4v) is 14.0. The van der Waals surface area contributed by atoms with Crippen molar-refractivity contribution < 1.29 is 44.0 Å². The number of Topliss-reactive ketones (excluding diaryl/α,β-unsaturated/α-hetero) is 1. The second-order valence-electron chi connectivity index (χ2n) is 24.6. The fraction of sp³-hybridized carbons (Fsp3) is 0.909. The standard InChI is InChI=1S/C14H24.C12H18O2.C8H14O.C7H12N2O2.C7H14O3.C7H16O/c1-10(2)14-7-11-4-12(8-14)6-13(3,5-11)9-14;1-6(2)11-8-3-7-5-10(13)14-12(11)9(7)4-8;1-6(2)7-4-3-5-8(7)9;1-5(2)3-9-4-6(10)8-7(9)11;1-5(2)6(3-4-8)7(9)10;1-4-7(5-8)6(2)3/h10-12H,4-9H2,1-3H3;6-9,11-12H,3-5H2,1-2H3;6-7H,3-5H2,1-2H3;5H,3-4H2,1-2H3,(H,8,10,11);5-6,8H,3-4H2,1-2H3,(H,9,10);6-8H,4-5H2,1-3H3. The summed E-state index contributed by atoms with van der Waals surface area (Å²) in [6, 6.07) is -0.260. The lowest BCUT2D eigenvalue weighted by Crippen LogP contribution is -2.52. The molecular weight excluding hydrogens is 833 g/mol. The minimum atomic E-state index is -0.816. The van der Waals surface area contributed by atoms with Gasteiger partial charge in [0.25, 0.3) is 0 Å². The van der Waals surface area contributed by atoms with E-state index in [1.54, 1.807) is 38.5 Å². The summed E-state index contributed by atoms with van der Waals surface area (Å²) in [5, 5.41) is 28.0. The number of esters is 1. The number of nitrogens with one attached hydrogen (secondary N) is 1. The van der Waals surface area contributed by atoms with Gasteiger partial charge in [0.1, 0.15) is 18.4 Å². The van der Waals surface area contributed by atoms with Crippen LogP contribution in [-0.4, -0.2) is 82.3 Å². The number of imide groups is 1. The van der Waals surface area contributed by atoms with Crippen molar-refractivity contribution in [3.8, 4) is 0 Å². The minimum absolute atomic E-state index is 0.0465. The Morgan fingerprint density at radius 3 is 1.80 bits per heavy atom. The summed E-state index contributed by atoms with van der Waals surface area (Å²) in [7, 11) is 0. The lowest BCUT2D eigenvalue weighted by Gasteiger charge is -2.63. The molecule has 2 saturated heterocycles. The molecule has 2 heterocycles. The molecule has 0 radical (unpaired) electrons. The highest BCUT2D eigenvalue weighted by atomic mass is 16.5. The monoisotopic (exact) mass is 931 g/mol. The van der Waals surface area contributed by atoms with Gasteiger partial charge in [0.2, 0.25) is 5.91 Å². The molecule has 10 unspecified atom stereocenters. The maximum Gasteiger partial charge on any atom is 0.324 e. The third-order valence-corrected chi connectivity index (χ3v) is 17.1. The smallest absolute Gasteiger partial charge is 0.324 e. The molecule has 0 aromatic heterocycles. The third-order valence-electron chi connectivity index (χ3n) is 17.1. The number of aliphatic carboxylic acids is 1. The third kappa shape index (κ3) is 16.0. The number of ether oxygens (including phenoxy) is 1. The number of hydrogen-bond donors (Lipinski definition) is 4. The van der Waals surface area contributed by atoms with E-state index in [1.807, 2.05) is 27.7 Å². The van der Waals surface area contributed by atoms with E-state index in [4.69, 9.17) is 20.1 Å². The Bertz CT molecular complexity index is 1540. The molecule has 11 heteroatoms. The molecule has 9 rings (SSSR count). The van der Waals surface area contributed by atoms with Crippen molar-refractivity contribution in [2.24, 2.45) is 99.6 Å². The van der Waals surface area contributed by atoms with Crippen LogP contribution in [-0.2, 0) is 23.9 Å². The highest BCUT2D eigenvalue weighted by Gasteiger charge is 2.58. The Balaban J connectivity index is 0.000000213. The van der Waals surface area contributed by atoms with E-state index in [1.165, 1.54) is 17.7 Å². The zero-order valence-corrected chi connectivity index (χ0v) is 44.2. The number of hydrogen-bond acceptors (Lipinski definition) is 8. The van der Waals surface area contributed by atoms with Crippen molar-refractivity contribution >= 4 is 29.7 Å². The molecule has 0 spiro atoms. The second kappa shape index (κ2) is 25.9. The van der Waals surface area contributed by atoms with Crippen LogP contribution < -0.4 is 5.32 Å². The van der Waals surface area contributed by atoms with Crippen LogP contribution in [0, 0.1) is 99.6 Å². The van der Waals surface area contributed by atoms with E-state index in [-0.39, 0.29) is 43.1 Å². The molecular formula is C55H98N2O9. The average Bonchev–Trinajstić information content (AvgIpc) is 3.98. The van der Waals surface area contributed by atoms with E-state index in [0.717, 1.165) is 60.2 Å². The molecule has 382 valence electrons. The topological polar surface area (TPSA) is 171 Å². The highest BCUT2D eigenvalue weighted by Crippen LogP contribution is 2.67. The number of urea groups is 1. The van der Waals surface area contributed by atoms with Crippen LogP contribution in [0.5, 0.6) is 0 Å². The van der Waals surface area contributed by atoms with Gasteiger partial charge in [0.15, 0.2) is 0 Å². The van der Waals surface area contributed by atoms with Crippen LogP contribution in [0.3, 0.4) is 0 Å². The van der Waals surface area contributed by atoms with E-state index >= 15 is 0 Å². The molecule has 3 amide bonds. The molecule has 6 bridgehead atoms. The number of nitrogens with zero attached hydrogens (tertiary/aromatic N) is 1. The minimum Gasteiger partial charge on any atom is -0.481 e. The number of carbonyl (C=O) groups is 5. The average molecular weight is 931 g/mol. The zero-order chi connectivity index (χ0) is 49.8. The summed E-state index contributed by atoms with van der Waals surface area (Å²) < 4.78 is 5.55. The van der Waals surface area contributed by atoms with Crippen LogP contribution in [0.2, 0.25) is 0 Å². The van der Waals surface area contributed by atoms with Crippen LogP contribution >= 0.6 is 0 Å². The summed E-state index contributed by atoms with van der Waals surface area (Å²) >= 11 is 0. The van der Waals surface area contributed by atoms with Crippen LogP contribution in [0.4, 0.5) is 4.79 Å². The van der Waals surface area contributed by atoms with Crippen molar-refractivity contribution in [1.29, 1.82) is 0 Å². The molecule has 7 aliphatic carbocycles. The van der Waals surface area contributed by atoms with Gasteiger partial charge < -0.3 is 25.0 Å². The lowest BCUT2D eigenvalue weighted by atomic mass is 9.42. The molecule has 7 saturated carbocycles. The first-order chi connectivity index (χ1) is 30.8. The van der Waals surface area contributed by atoms with Gasteiger partial charge in [-0.05, 0) is 152 Å². The number of aliphatic hydroxyl groups is 2. The number of fused-ring (bicyclic) bond motifs is 1. The lowest BCUT2D eigenvalue weighted by molar-refractivity contribution is -0.169. The molecule has 66 heavy (non-hydrogen) atoms. The highest BCUT2D eigenvalue weighted by molar-refractivity contribution is 6.01. The van der Waals surface area contributed by atoms with Gasteiger partial charge in [-0.25, -0.2) is 4.79 Å². The van der Waals surface area contributed by atoms with E-state index < -0.39 is 11.9 Å². The van der Waals surface area contributed by atoms with Crippen LogP contribution in [0.25, 0.3) is 0 Å². The molecule has 10 atom stereocenters. The number of ketones is 1. The predicted octanol–water partition coefficient (Wildman–Crippen LogP) is 11.1. The Labute approximate surface area is 401 Å². The molecule has 4 N–H and O–H groups in total. The van der Waals surface area contributed by atoms with Gasteiger partial charge in [-0.3, -0.25) is 24.5 Å². The number of carboxylic acid groups (broad SMARTS) is 1. The van der Waals surface area contributed by atoms with Gasteiger partial charge in [-0.2, -0.15) is 0 Å². The van der Waals surface area contributed by atoms with Crippen molar-refractivity contribution in [1.82, 2.24) is 10.2 Å². The summed E-state index contributed by atoms with van der Waals surface area (Å²) in [5.41, 5.74) is 1.51. The van der Waals surface area contributed by atoms with Gasteiger partial charge in [0, 0.05) is 44.4 Å². The van der Waals surface area contributed by atoms with Crippen molar-refractivity contribution in [3.63, 3.8) is 0 Å². The molecule has 2 aliphatic heterocycles. The number of carbonyl (C=O) groups excluding carboxylic acids is 4. The summed E-state index contributed by atoms with van der Waals surface area (Å²) in [5.74, 6) is 8.43. The Morgan fingerprint density at radius 2 is 1.45 bits per heavy atom. The quantitative estimate of drug-likeness (QED) is 0.110. The van der Waals surface area contributed by atoms with E-state index in [2.05, 4.69) is 74.6 Å². The summed E-state index contributed by atoms with van der Waals surface area (Å²) in [4.78, 5) is 55.9. The number of amides is 3. The summed E-state index contributed by atoms with van der Waals surface area (Å²) in [6.45, 7) is 31.6. The summed E-state index contributed by atoms with van der Waals surface area (Å²) in [6.07, 6.45) is 17.5. The maximum atomic E-state index is 11.4. The Kier molecular flexibility index (Phi) is 22.7. The van der Waals surface area contributed by atoms with Gasteiger partial charge >= 0.3 is 18.0 Å². The Morgan fingerprint density at radius 1 is 0.833 bits per heavy atom. The maximum absolute atomic E-state index is 11.4. The molecule has 11 nitrogen and oxygen atoms in total. The first kappa shape index (κ1) is 57.8. The SMILES string of the molecule is CC(C)C(CCO)C(=O)O.CC(C)C12CC3CC(CC(C)(C3)C1)C2.CC(C)C1C2CC3CC(=O)OC1C3C2.CC(C)C1CCCC1=O.CC(C)CN1CC(=O)NC1=O.CCC(CO)C(C)C. The van der Waals surface area contributed by atoms with Gasteiger partial charge in [-0.1, -0.05) is 103 Å². The van der Waals surface area contributed by atoms with Crippen LogP contribution in [0.15, 0.2) is 0 Å². The molecule has 9 fully saturated rings. The first-order valence-corrected chi connectivity index (χ1v) is 26.6. The largest absolute Gasteiger partial charge is 0.481 e. The molecule has 9 aliphatic rings. The van der Waals surface area contributed by atoms with E-state index in [0.29, 0.717) is 85.0 Å². The number of carboxylic acids is 1. The van der Waals surface area contributed by atoms with Crippen molar-refractivity contribution in [2.45, 2.75) is 193 Å². The Hall–Kier alpha value is -2.53. The van der Waals surface area contributed by atoms with E-state index in [9.17, 15) is 24.0 Å². The van der Waals surface area contributed by atoms with Gasteiger partial charge in [-0.15, -0.1) is 0 Å². The zero-order valence-electron chi connectivity index (χ0n) is 44.2. The number of rotatable bonds is 12. The van der Waals surface area contributed by atoms with Gasteiger partial charge in [0.05, 0.1) is 5.92 Å². The van der Waals surface area contributed by atoms with Crippen LogP contribution in [0.1, 0.15) is 187 Å². The normalized spacial score (nSPS) is 33.0. The van der Waals surface area contributed by atoms with Crippen molar-refractivity contribution in [2.75, 3.05) is 26.3 Å². The predicted molar refractivity (Wildman–Crippen MR) is 263 cm³/mol. The molecule has 0 aromatic rings. The fourth-order valence-electron chi connectivity index (χ4n) is 14.0. The first-order valence-electron chi connectivity index (χ1n) is 26.6. The van der Waals surface area contributed by atoms with Crippen molar-refractivity contribution in [3.05, 3.63) is 0 Å². The second-order valence-corrected chi connectivity index (χ2v) is 24.6. The molecule has 0 aromatic carbocycles. The number of aliphatic hydroxyl groups excluding tert-OH is 2.